The van der Waals surface area contributed by atoms with E-state index < -0.39 is 6.77 Å². The molecule has 0 aromatic heterocycles. The summed E-state index contributed by atoms with van der Waals surface area (Å²) < 4.78 is 5.38. The summed E-state index contributed by atoms with van der Waals surface area (Å²) in [5, 5.41) is 2.13. The summed E-state index contributed by atoms with van der Waals surface area (Å²) in [4.78, 5) is 2.36. The molecular weight excluding hydrogens is 395 g/mol. The van der Waals surface area contributed by atoms with Crippen LogP contribution in [-0.2, 0) is 0 Å². The first-order valence-corrected chi connectivity index (χ1v) is 12.7. The summed E-state index contributed by atoms with van der Waals surface area (Å²) >= 11 is 7.49. The third kappa shape index (κ3) is 4.89. The van der Waals surface area contributed by atoms with E-state index in [-0.39, 0.29) is 0 Å². The Balaban J connectivity index is 2.28. The van der Waals surface area contributed by atoms with Gasteiger partial charge in [0.1, 0.15) is 21.8 Å². The molecule has 3 rings (SSSR count). The zero-order valence-electron chi connectivity index (χ0n) is 17.5. The van der Waals surface area contributed by atoms with Gasteiger partial charge in [0.25, 0.3) is 6.77 Å². The molecule has 0 fully saturated rings. The van der Waals surface area contributed by atoms with Crippen molar-refractivity contribution in [2.24, 2.45) is 4.76 Å². The number of nitrogens with zero attached hydrogens (tertiary/aromatic N) is 2. The van der Waals surface area contributed by atoms with E-state index in [4.69, 9.17) is 16.0 Å². The van der Waals surface area contributed by atoms with E-state index in [0.717, 1.165) is 22.0 Å². The highest BCUT2D eigenvalue weighted by Crippen LogP contribution is 2.63. The molecule has 3 aromatic rings. The van der Waals surface area contributed by atoms with Crippen molar-refractivity contribution in [3.05, 3.63) is 96.6 Å². The predicted octanol–water partition coefficient (Wildman–Crippen LogP) is 6.29. The average molecular weight is 424 g/mol. The van der Waals surface area contributed by atoms with Gasteiger partial charge < -0.3 is 4.90 Å². The summed E-state index contributed by atoms with van der Waals surface area (Å²) in [6, 6.07) is 31.5. The second-order valence-electron chi connectivity index (χ2n) is 7.61. The Morgan fingerprint density at radius 2 is 1.07 bits per heavy atom. The molecule has 0 bridgehead atoms. The molecule has 0 atom stereocenters. The second kappa shape index (κ2) is 9.57. The normalized spacial score (nSPS) is 12.4. The number of hydrogen-bond acceptors (Lipinski definition) is 1. The standard InChI is InChI=1S/C25H29ClN2P/c1-20(2)28(21(3)4)25(22-14-8-5-9-15-22)27-29(26,23-16-10-6-11-17-23)24-18-12-7-13-19-24/h5-21H,1-4H3/q+1. The fourth-order valence-corrected chi connectivity index (χ4v) is 6.61. The van der Waals surface area contributed by atoms with Crippen LogP contribution in [0.3, 0.4) is 0 Å². The minimum absolute atomic E-state index is 0.297. The van der Waals surface area contributed by atoms with Crippen LogP contribution < -0.4 is 10.6 Å². The van der Waals surface area contributed by atoms with Crippen molar-refractivity contribution in [2.75, 3.05) is 0 Å². The molecular formula is C25H29ClN2P+. The zero-order valence-corrected chi connectivity index (χ0v) is 19.2. The van der Waals surface area contributed by atoms with Gasteiger partial charge in [0.15, 0.2) is 5.84 Å². The lowest BCUT2D eigenvalue weighted by atomic mass is 10.1. The summed E-state index contributed by atoms with van der Waals surface area (Å²) in [6.45, 7) is 6.31. The van der Waals surface area contributed by atoms with Crippen molar-refractivity contribution in [1.82, 2.24) is 4.90 Å². The summed E-state index contributed by atoms with van der Waals surface area (Å²) in [7, 11) is 0. The molecule has 0 radical (unpaired) electrons. The molecule has 4 heteroatoms. The number of amidine groups is 1. The van der Waals surface area contributed by atoms with Gasteiger partial charge in [-0.25, -0.2) is 0 Å². The average Bonchev–Trinajstić information content (AvgIpc) is 2.74. The van der Waals surface area contributed by atoms with Gasteiger partial charge in [-0.2, -0.15) is 0 Å². The number of rotatable bonds is 6. The summed E-state index contributed by atoms with van der Waals surface area (Å²) in [6.07, 6.45) is 0. The fraction of sp³-hybridized carbons (Fsp3) is 0.240. The SMILES string of the molecule is CC(C)N(C(=N[P+](Cl)(c1ccccc1)c1ccccc1)c1ccccc1)C(C)C. The summed E-state index contributed by atoms with van der Waals surface area (Å²) in [5.74, 6) is 0.951. The first kappa shape index (κ1) is 21.6. The molecule has 29 heavy (non-hydrogen) atoms. The van der Waals surface area contributed by atoms with E-state index in [1.807, 2.05) is 42.5 Å². The molecule has 0 aliphatic rings. The van der Waals surface area contributed by atoms with E-state index in [1.54, 1.807) is 0 Å². The lowest BCUT2D eigenvalue weighted by Crippen LogP contribution is -2.43. The highest BCUT2D eigenvalue weighted by Gasteiger charge is 2.44. The van der Waals surface area contributed by atoms with Crippen LogP contribution in [0, 0.1) is 0 Å². The molecule has 0 saturated carbocycles. The molecule has 0 saturated heterocycles. The van der Waals surface area contributed by atoms with Gasteiger partial charge in [-0.05, 0) is 52.0 Å². The molecule has 0 aliphatic carbocycles. The van der Waals surface area contributed by atoms with Crippen LogP contribution in [0.5, 0.6) is 0 Å². The molecule has 0 amide bonds. The third-order valence-corrected chi connectivity index (χ3v) is 8.65. The Bertz CT molecular complexity index is 877. The quantitative estimate of drug-likeness (QED) is 0.258. The van der Waals surface area contributed by atoms with E-state index in [0.29, 0.717) is 12.1 Å². The van der Waals surface area contributed by atoms with Gasteiger partial charge in [0, 0.05) is 17.6 Å². The third-order valence-electron chi connectivity index (χ3n) is 4.82. The molecule has 0 N–H and O–H groups in total. The highest BCUT2D eigenvalue weighted by molar-refractivity contribution is 8.09. The topological polar surface area (TPSA) is 15.6 Å². The molecule has 0 heterocycles. The van der Waals surface area contributed by atoms with Gasteiger partial charge in [-0.15, -0.1) is 0 Å². The van der Waals surface area contributed by atoms with Crippen LogP contribution in [0.1, 0.15) is 33.3 Å². The number of benzene rings is 3. The Hall–Kier alpha value is -2.15. The van der Waals surface area contributed by atoms with E-state index in [2.05, 4.69) is 81.1 Å². The Kier molecular flexibility index (Phi) is 7.11. The van der Waals surface area contributed by atoms with Crippen LogP contribution in [-0.4, -0.2) is 22.8 Å². The largest absolute Gasteiger partial charge is 0.348 e. The first-order chi connectivity index (χ1) is 13.9. The van der Waals surface area contributed by atoms with Crippen molar-refractivity contribution in [2.45, 2.75) is 39.8 Å². The second-order valence-corrected chi connectivity index (χ2v) is 11.4. The Morgan fingerprint density at radius 1 is 0.690 bits per heavy atom. The molecule has 150 valence electrons. The fourth-order valence-electron chi connectivity index (χ4n) is 3.58. The van der Waals surface area contributed by atoms with Gasteiger partial charge in [-0.1, -0.05) is 71.5 Å². The molecule has 2 nitrogen and oxygen atoms in total. The Morgan fingerprint density at radius 3 is 1.45 bits per heavy atom. The van der Waals surface area contributed by atoms with Crippen LogP contribution in [0.25, 0.3) is 0 Å². The molecule has 0 unspecified atom stereocenters. The van der Waals surface area contributed by atoms with Crippen molar-refractivity contribution in [3.63, 3.8) is 0 Å². The molecule has 0 spiro atoms. The van der Waals surface area contributed by atoms with Crippen molar-refractivity contribution < 1.29 is 0 Å². The van der Waals surface area contributed by atoms with Gasteiger partial charge >= 0.3 is 0 Å². The lowest BCUT2D eigenvalue weighted by molar-refractivity contribution is 0.293. The predicted molar refractivity (Wildman–Crippen MR) is 130 cm³/mol. The highest BCUT2D eigenvalue weighted by atomic mass is 35.7. The maximum atomic E-state index is 7.49. The van der Waals surface area contributed by atoms with Crippen molar-refractivity contribution in [3.8, 4) is 0 Å². The monoisotopic (exact) mass is 423 g/mol. The van der Waals surface area contributed by atoms with Crippen molar-refractivity contribution >= 4 is 34.5 Å². The molecule has 0 aliphatic heterocycles. The van der Waals surface area contributed by atoms with Gasteiger partial charge in [0.05, 0.1) is 0 Å². The maximum absolute atomic E-state index is 7.49. The lowest BCUT2D eigenvalue weighted by Gasteiger charge is -2.34. The van der Waals surface area contributed by atoms with Gasteiger partial charge in [0.2, 0.25) is 0 Å². The van der Waals surface area contributed by atoms with Crippen LogP contribution in [0.15, 0.2) is 95.8 Å². The zero-order chi connectivity index (χ0) is 20.9. The minimum atomic E-state index is -2.51. The van der Waals surface area contributed by atoms with Gasteiger partial charge in [-0.3, -0.25) is 0 Å². The van der Waals surface area contributed by atoms with Crippen molar-refractivity contribution in [1.29, 1.82) is 0 Å². The van der Waals surface area contributed by atoms with E-state index in [9.17, 15) is 0 Å². The van der Waals surface area contributed by atoms with E-state index >= 15 is 0 Å². The van der Waals surface area contributed by atoms with E-state index in [1.165, 1.54) is 0 Å². The minimum Gasteiger partial charge on any atom is -0.348 e. The maximum Gasteiger partial charge on any atom is 0.296 e. The van der Waals surface area contributed by atoms with Crippen LogP contribution in [0.2, 0.25) is 0 Å². The van der Waals surface area contributed by atoms with Crippen LogP contribution in [0.4, 0.5) is 0 Å². The van der Waals surface area contributed by atoms with Crippen LogP contribution >= 0.6 is 18.0 Å². The Labute approximate surface area is 180 Å². The smallest absolute Gasteiger partial charge is 0.296 e. The summed E-state index contributed by atoms with van der Waals surface area (Å²) in [5.41, 5.74) is 1.09. The number of halogens is 1. The first-order valence-electron chi connectivity index (χ1n) is 10.1. The number of hydrogen-bond donors (Lipinski definition) is 0. The molecule has 3 aromatic carbocycles.